The number of ether oxygens (including phenoxy) is 1. The second-order valence-corrected chi connectivity index (χ2v) is 17.9. The molecule has 1 amide bonds. The van der Waals surface area contributed by atoms with E-state index >= 15 is 0 Å². The Balaban J connectivity index is 2.01. The van der Waals surface area contributed by atoms with E-state index in [2.05, 4.69) is 33.9 Å². The Bertz CT molecular complexity index is 1120. The molecular formula is C30H42ClNO5Si. The average Bonchev–Trinajstić information content (AvgIpc) is 3.20. The molecule has 0 unspecified atom stereocenters. The van der Waals surface area contributed by atoms with Crippen molar-refractivity contribution in [2.45, 2.75) is 103 Å². The van der Waals surface area contributed by atoms with Crippen molar-refractivity contribution >= 4 is 32.0 Å². The number of halogens is 1. The first-order valence-corrected chi connectivity index (χ1v) is 16.5. The zero-order chi connectivity index (χ0) is 28.5. The number of likely N-dealkylation sites (tertiary alicyclic amines) is 1. The number of carbonyl (C=O) groups excluding carboxylic acids is 1. The number of amides is 1. The monoisotopic (exact) mass is 559 g/mol. The molecule has 0 saturated carbocycles. The molecule has 0 aliphatic carbocycles. The van der Waals surface area contributed by atoms with Crippen LogP contribution >= 0.6 is 11.6 Å². The van der Waals surface area contributed by atoms with Crippen molar-refractivity contribution < 1.29 is 23.9 Å². The van der Waals surface area contributed by atoms with Crippen molar-refractivity contribution in [1.82, 2.24) is 4.90 Å². The van der Waals surface area contributed by atoms with Gasteiger partial charge in [-0.2, -0.15) is 0 Å². The molecule has 208 valence electrons. The second-order valence-electron chi connectivity index (χ2n) is 12.7. The zero-order valence-corrected chi connectivity index (χ0v) is 25.6. The summed E-state index contributed by atoms with van der Waals surface area (Å²) in [5, 5.41) is 9.90. The molecule has 1 N–H and O–H groups in total. The fraction of sp³-hybridized carbons (Fsp3) is 0.533. The van der Waals surface area contributed by atoms with Crippen LogP contribution in [0.1, 0.15) is 82.0 Å². The number of carboxylic acids is 1. The Morgan fingerprint density at radius 2 is 1.58 bits per heavy atom. The summed E-state index contributed by atoms with van der Waals surface area (Å²) in [7, 11) is -2.22. The van der Waals surface area contributed by atoms with Crippen LogP contribution in [-0.4, -0.2) is 48.1 Å². The van der Waals surface area contributed by atoms with Crippen LogP contribution in [0.15, 0.2) is 48.5 Å². The summed E-state index contributed by atoms with van der Waals surface area (Å²) < 4.78 is 13.0. The van der Waals surface area contributed by atoms with Gasteiger partial charge >= 0.3 is 12.1 Å². The number of benzene rings is 2. The standard InChI is InChI=1S/C30H42ClNO5Si/c1-29(2,3)36-28(35)32-24(19-20-9-11-22(12-10-20)27(33)34)17-18-25(32)26(21-13-15-23(31)16-14-21)37-38(7,8)30(4,5)6/h9-16,24-26H,17-19H2,1-8H3,(H,33,34)/t24-,25+,26+/m0/s1. The molecule has 1 aliphatic rings. The van der Waals surface area contributed by atoms with Crippen LogP contribution in [0.5, 0.6) is 0 Å². The van der Waals surface area contributed by atoms with Gasteiger partial charge in [0.15, 0.2) is 8.32 Å². The molecule has 0 radical (unpaired) electrons. The molecule has 2 aromatic rings. The number of hydrogen-bond acceptors (Lipinski definition) is 4. The highest BCUT2D eigenvalue weighted by molar-refractivity contribution is 6.74. The van der Waals surface area contributed by atoms with Crippen LogP contribution in [0.4, 0.5) is 4.79 Å². The van der Waals surface area contributed by atoms with E-state index < -0.39 is 19.9 Å². The highest BCUT2D eigenvalue weighted by Crippen LogP contribution is 2.44. The number of carbonyl (C=O) groups is 2. The summed E-state index contributed by atoms with van der Waals surface area (Å²) in [6.07, 6.45) is 1.46. The van der Waals surface area contributed by atoms with E-state index in [1.165, 1.54) is 0 Å². The fourth-order valence-electron chi connectivity index (χ4n) is 4.58. The smallest absolute Gasteiger partial charge is 0.410 e. The van der Waals surface area contributed by atoms with Crippen LogP contribution in [0, 0.1) is 0 Å². The third-order valence-electron chi connectivity index (χ3n) is 7.60. The fourth-order valence-corrected chi connectivity index (χ4v) is 5.99. The van der Waals surface area contributed by atoms with Crippen LogP contribution in [0.2, 0.25) is 23.2 Å². The van der Waals surface area contributed by atoms with Crippen molar-refractivity contribution in [1.29, 1.82) is 0 Å². The van der Waals surface area contributed by atoms with Gasteiger partial charge in [0.05, 0.1) is 17.7 Å². The highest BCUT2D eigenvalue weighted by atomic mass is 35.5. The van der Waals surface area contributed by atoms with Gasteiger partial charge in [-0.05, 0) is 93.6 Å². The molecular weight excluding hydrogens is 518 g/mol. The number of aromatic carboxylic acids is 1. The van der Waals surface area contributed by atoms with E-state index in [-0.39, 0.29) is 34.9 Å². The Kier molecular flexibility index (Phi) is 9.06. The molecule has 1 aliphatic heterocycles. The maximum absolute atomic E-state index is 13.7. The third kappa shape index (κ3) is 7.39. The van der Waals surface area contributed by atoms with Gasteiger partial charge in [-0.3, -0.25) is 4.90 Å². The van der Waals surface area contributed by atoms with Crippen LogP contribution < -0.4 is 0 Å². The van der Waals surface area contributed by atoms with Crippen LogP contribution in [0.3, 0.4) is 0 Å². The summed E-state index contributed by atoms with van der Waals surface area (Å²) in [5.41, 5.74) is 1.56. The normalized spacial score (nSPS) is 19.3. The lowest BCUT2D eigenvalue weighted by Crippen LogP contribution is -2.50. The topological polar surface area (TPSA) is 76.1 Å². The Morgan fingerprint density at radius 1 is 1.00 bits per heavy atom. The van der Waals surface area contributed by atoms with E-state index in [9.17, 15) is 14.7 Å². The van der Waals surface area contributed by atoms with Gasteiger partial charge in [0.2, 0.25) is 0 Å². The lowest BCUT2D eigenvalue weighted by atomic mass is 10.0. The minimum Gasteiger partial charge on any atom is -0.478 e. The van der Waals surface area contributed by atoms with Gasteiger partial charge < -0.3 is 14.3 Å². The quantitative estimate of drug-likeness (QED) is 0.347. The van der Waals surface area contributed by atoms with Gasteiger partial charge in [-0.25, -0.2) is 9.59 Å². The van der Waals surface area contributed by atoms with E-state index in [0.29, 0.717) is 11.4 Å². The maximum Gasteiger partial charge on any atom is 0.410 e. The SMILES string of the molecule is CC(C)(C)OC(=O)N1[C@H](Cc2ccc(C(=O)O)cc2)CC[C@@H]1[C@H](O[Si](C)(C)C(C)(C)C)c1ccc(Cl)cc1. The molecule has 1 fully saturated rings. The minimum atomic E-state index is -2.22. The van der Waals surface area contributed by atoms with Gasteiger partial charge in [0.25, 0.3) is 0 Å². The number of carboxylic acid groups (broad SMARTS) is 1. The molecule has 8 heteroatoms. The molecule has 0 spiro atoms. The van der Waals surface area contributed by atoms with Crippen molar-refractivity contribution in [3.63, 3.8) is 0 Å². The molecule has 3 atom stereocenters. The van der Waals surface area contributed by atoms with Gasteiger partial charge in [-0.15, -0.1) is 0 Å². The lowest BCUT2D eigenvalue weighted by Gasteiger charge is -2.43. The first kappa shape index (κ1) is 30.2. The van der Waals surface area contributed by atoms with Crippen molar-refractivity contribution in [2.24, 2.45) is 0 Å². The third-order valence-corrected chi connectivity index (χ3v) is 12.3. The number of nitrogens with zero attached hydrogens (tertiary/aromatic N) is 1. The van der Waals surface area contributed by atoms with E-state index in [0.717, 1.165) is 24.0 Å². The summed E-state index contributed by atoms with van der Waals surface area (Å²) in [5.74, 6) is -0.957. The summed E-state index contributed by atoms with van der Waals surface area (Å²) >= 11 is 6.22. The Labute approximate surface area is 233 Å². The van der Waals surface area contributed by atoms with Gasteiger partial charge in [0, 0.05) is 11.1 Å². The summed E-state index contributed by atoms with van der Waals surface area (Å²) in [6.45, 7) is 16.7. The number of rotatable bonds is 7. The van der Waals surface area contributed by atoms with E-state index in [1.807, 2.05) is 62.1 Å². The first-order chi connectivity index (χ1) is 17.5. The predicted molar refractivity (Wildman–Crippen MR) is 154 cm³/mol. The molecule has 1 saturated heterocycles. The van der Waals surface area contributed by atoms with E-state index in [1.54, 1.807) is 12.1 Å². The molecule has 3 rings (SSSR count). The lowest BCUT2D eigenvalue weighted by molar-refractivity contribution is -0.00239. The molecule has 0 aromatic heterocycles. The summed E-state index contributed by atoms with van der Waals surface area (Å²) in [6, 6.07) is 14.3. The molecule has 1 heterocycles. The molecule has 0 bridgehead atoms. The second kappa shape index (κ2) is 11.4. The Morgan fingerprint density at radius 3 is 2.08 bits per heavy atom. The largest absolute Gasteiger partial charge is 0.478 e. The van der Waals surface area contributed by atoms with Crippen LogP contribution in [-0.2, 0) is 15.6 Å². The minimum absolute atomic E-state index is 0.0156. The van der Waals surface area contributed by atoms with E-state index in [4.69, 9.17) is 20.8 Å². The predicted octanol–water partition coefficient (Wildman–Crippen LogP) is 8.11. The van der Waals surface area contributed by atoms with Crippen molar-refractivity contribution in [2.75, 3.05) is 0 Å². The average molecular weight is 560 g/mol. The first-order valence-electron chi connectivity index (χ1n) is 13.3. The van der Waals surface area contributed by atoms with Gasteiger partial charge in [0.1, 0.15) is 5.60 Å². The summed E-state index contributed by atoms with van der Waals surface area (Å²) in [4.78, 5) is 26.9. The highest BCUT2D eigenvalue weighted by Gasteiger charge is 2.47. The zero-order valence-electron chi connectivity index (χ0n) is 23.9. The van der Waals surface area contributed by atoms with Crippen molar-refractivity contribution in [3.05, 3.63) is 70.2 Å². The van der Waals surface area contributed by atoms with Gasteiger partial charge in [-0.1, -0.05) is 56.6 Å². The molecule has 2 aromatic carbocycles. The molecule has 38 heavy (non-hydrogen) atoms. The molecule has 6 nitrogen and oxygen atoms in total. The Hall–Kier alpha value is -2.35. The van der Waals surface area contributed by atoms with Crippen LogP contribution in [0.25, 0.3) is 0 Å². The number of hydrogen-bond donors (Lipinski definition) is 1. The van der Waals surface area contributed by atoms with Crippen molar-refractivity contribution in [3.8, 4) is 0 Å². The maximum atomic E-state index is 13.7.